The number of benzene rings is 2. The van der Waals surface area contributed by atoms with Gasteiger partial charge in [-0.15, -0.1) is 0 Å². The molecule has 5 nitrogen and oxygen atoms in total. The topological polar surface area (TPSA) is 70.8 Å². The second-order valence-corrected chi connectivity index (χ2v) is 5.33. The van der Waals surface area contributed by atoms with Gasteiger partial charge >= 0.3 is 0 Å². The van der Waals surface area contributed by atoms with Crippen LogP contribution in [0.15, 0.2) is 40.9 Å². The molecule has 0 aliphatic carbocycles. The normalized spacial score (nSPS) is 10.1. The van der Waals surface area contributed by atoms with Crippen molar-refractivity contribution in [2.75, 3.05) is 14.2 Å². The van der Waals surface area contributed by atoms with Crippen molar-refractivity contribution in [3.63, 3.8) is 0 Å². The van der Waals surface area contributed by atoms with E-state index in [1.807, 2.05) is 12.1 Å². The molecule has 0 saturated carbocycles. The molecule has 0 unspecified atom stereocenters. The van der Waals surface area contributed by atoms with Gasteiger partial charge in [-0.05, 0) is 36.4 Å². The third-order valence-corrected chi connectivity index (χ3v) is 3.82. The van der Waals surface area contributed by atoms with Gasteiger partial charge in [-0.25, -0.2) is 0 Å². The fourth-order valence-electron chi connectivity index (χ4n) is 1.88. The number of halogens is 1. The molecule has 0 fully saturated rings. The van der Waals surface area contributed by atoms with Crippen LogP contribution in [-0.2, 0) is 6.61 Å². The van der Waals surface area contributed by atoms with E-state index < -0.39 is 5.91 Å². The molecule has 6 heteroatoms. The molecule has 2 rings (SSSR count). The first-order chi connectivity index (χ1) is 10.5. The summed E-state index contributed by atoms with van der Waals surface area (Å²) in [5.41, 5.74) is 6.55. The summed E-state index contributed by atoms with van der Waals surface area (Å²) in [6.45, 7) is 0.344. The number of ether oxygens (including phenoxy) is 3. The van der Waals surface area contributed by atoms with Crippen molar-refractivity contribution in [1.29, 1.82) is 0 Å². The molecule has 0 saturated heterocycles. The summed E-state index contributed by atoms with van der Waals surface area (Å²) in [5, 5.41) is 0. The minimum absolute atomic E-state index is 0.344. The van der Waals surface area contributed by atoms with Crippen LogP contribution in [0, 0.1) is 0 Å². The van der Waals surface area contributed by atoms with Crippen molar-refractivity contribution >= 4 is 21.8 Å². The van der Waals surface area contributed by atoms with Gasteiger partial charge in [0.2, 0.25) is 5.91 Å². The number of nitrogens with two attached hydrogens (primary N) is 1. The second kappa shape index (κ2) is 7.17. The molecule has 2 N–H and O–H groups in total. The van der Waals surface area contributed by atoms with E-state index in [1.165, 1.54) is 0 Å². The smallest absolute Gasteiger partial charge is 0.248 e. The number of amides is 1. The van der Waals surface area contributed by atoms with E-state index in [4.69, 9.17) is 19.9 Å². The largest absolute Gasteiger partial charge is 0.493 e. The fraction of sp³-hybridized carbons (Fsp3) is 0.188. The van der Waals surface area contributed by atoms with Crippen LogP contribution in [0.4, 0.5) is 0 Å². The molecule has 22 heavy (non-hydrogen) atoms. The van der Waals surface area contributed by atoms with Crippen LogP contribution in [0.5, 0.6) is 17.2 Å². The lowest BCUT2D eigenvalue weighted by Gasteiger charge is -2.13. The van der Waals surface area contributed by atoms with Gasteiger partial charge in [0.1, 0.15) is 12.4 Å². The highest BCUT2D eigenvalue weighted by Crippen LogP contribution is 2.33. The van der Waals surface area contributed by atoms with Gasteiger partial charge in [0.15, 0.2) is 11.5 Å². The van der Waals surface area contributed by atoms with Crippen LogP contribution in [0.1, 0.15) is 15.9 Å². The molecule has 0 aliphatic rings. The molecule has 0 bridgehead atoms. The Labute approximate surface area is 137 Å². The molecule has 0 heterocycles. The quantitative estimate of drug-likeness (QED) is 0.853. The van der Waals surface area contributed by atoms with Crippen molar-refractivity contribution in [2.45, 2.75) is 6.61 Å². The van der Waals surface area contributed by atoms with Gasteiger partial charge in [0, 0.05) is 15.6 Å². The first-order valence-electron chi connectivity index (χ1n) is 6.48. The van der Waals surface area contributed by atoms with Crippen LogP contribution in [0.25, 0.3) is 0 Å². The van der Waals surface area contributed by atoms with Crippen LogP contribution in [-0.4, -0.2) is 20.1 Å². The van der Waals surface area contributed by atoms with Crippen molar-refractivity contribution in [2.24, 2.45) is 5.73 Å². The molecule has 0 atom stereocenters. The Morgan fingerprint density at radius 1 is 1.09 bits per heavy atom. The molecule has 1 amide bonds. The van der Waals surface area contributed by atoms with Crippen LogP contribution in [0.2, 0.25) is 0 Å². The van der Waals surface area contributed by atoms with E-state index in [-0.39, 0.29) is 0 Å². The van der Waals surface area contributed by atoms with E-state index >= 15 is 0 Å². The van der Waals surface area contributed by atoms with Crippen molar-refractivity contribution in [1.82, 2.24) is 0 Å². The van der Waals surface area contributed by atoms with Crippen molar-refractivity contribution in [3.8, 4) is 17.2 Å². The molecular formula is C16H16BrNO4. The predicted octanol–water partition coefficient (Wildman–Crippen LogP) is 3.14. The summed E-state index contributed by atoms with van der Waals surface area (Å²) in [5.74, 6) is 1.46. The number of hydrogen-bond acceptors (Lipinski definition) is 4. The maximum absolute atomic E-state index is 11.0. The SMILES string of the molecule is COc1cc(Br)c(COc2ccc(C(N)=O)cc2)cc1OC. The molecular weight excluding hydrogens is 350 g/mol. The maximum Gasteiger partial charge on any atom is 0.248 e. The van der Waals surface area contributed by atoms with Gasteiger partial charge < -0.3 is 19.9 Å². The van der Waals surface area contributed by atoms with Crippen molar-refractivity contribution < 1.29 is 19.0 Å². The Hall–Kier alpha value is -2.21. The second-order valence-electron chi connectivity index (χ2n) is 4.48. The molecule has 0 aromatic heterocycles. The third-order valence-electron chi connectivity index (χ3n) is 3.09. The van der Waals surface area contributed by atoms with E-state index in [1.54, 1.807) is 38.5 Å². The number of methoxy groups -OCH3 is 2. The van der Waals surface area contributed by atoms with Crippen LogP contribution < -0.4 is 19.9 Å². The maximum atomic E-state index is 11.0. The first kappa shape index (κ1) is 16.2. The average Bonchev–Trinajstić information content (AvgIpc) is 2.53. The van der Waals surface area contributed by atoms with E-state index in [0.717, 1.165) is 10.0 Å². The summed E-state index contributed by atoms with van der Waals surface area (Å²) in [6.07, 6.45) is 0. The molecule has 0 aliphatic heterocycles. The number of hydrogen-bond donors (Lipinski definition) is 1. The Morgan fingerprint density at radius 3 is 2.23 bits per heavy atom. The number of carbonyl (C=O) groups is 1. The summed E-state index contributed by atoms with van der Waals surface area (Å²) in [4.78, 5) is 11.0. The van der Waals surface area contributed by atoms with E-state index in [9.17, 15) is 4.79 Å². The minimum atomic E-state index is -0.464. The van der Waals surface area contributed by atoms with Gasteiger partial charge in [0.05, 0.1) is 14.2 Å². The Bertz CT molecular complexity index is 671. The Kier molecular flexibility index (Phi) is 5.27. The number of rotatable bonds is 6. The lowest BCUT2D eigenvalue weighted by atomic mass is 10.2. The Morgan fingerprint density at radius 2 is 1.68 bits per heavy atom. The molecule has 2 aromatic rings. The number of primary amides is 1. The highest BCUT2D eigenvalue weighted by molar-refractivity contribution is 9.10. The predicted molar refractivity (Wildman–Crippen MR) is 86.5 cm³/mol. The van der Waals surface area contributed by atoms with Crippen molar-refractivity contribution in [3.05, 3.63) is 52.0 Å². The molecule has 0 radical (unpaired) electrons. The minimum Gasteiger partial charge on any atom is -0.493 e. The highest BCUT2D eigenvalue weighted by atomic mass is 79.9. The van der Waals surface area contributed by atoms with Gasteiger partial charge in [0.25, 0.3) is 0 Å². The lowest BCUT2D eigenvalue weighted by molar-refractivity contribution is 0.1000. The zero-order valence-corrected chi connectivity index (χ0v) is 13.8. The fourth-order valence-corrected chi connectivity index (χ4v) is 2.32. The standard InChI is InChI=1S/C16H16BrNO4/c1-20-14-7-11(13(17)8-15(14)21-2)9-22-12-5-3-10(4-6-12)16(18)19/h3-8H,9H2,1-2H3,(H2,18,19). The molecule has 116 valence electrons. The lowest BCUT2D eigenvalue weighted by Crippen LogP contribution is -2.10. The summed E-state index contributed by atoms with van der Waals surface area (Å²) < 4.78 is 17.1. The zero-order valence-electron chi connectivity index (χ0n) is 12.3. The monoisotopic (exact) mass is 365 g/mol. The third kappa shape index (κ3) is 3.71. The summed E-state index contributed by atoms with van der Waals surface area (Å²) in [6, 6.07) is 10.3. The highest BCUT2D eigenvalue weighted by Gasteiger charge is 2.10. The van der Waals surface area contributed by atoms with Gasteiger partial charge in [-0.1, -0.05) is 15.9 Å². The molecule has 2 aromatic carbocycles. The van der Waals surface area contributed by atoms with E-state index in [2.05, 4.69) is 15.9 Å². The van der Waals surface area contributed by atoms with Gasteiger partial charge in [-0.2, -0.15) is 0 Å². The van der Waals surface area contributed by atoms with Crippen LogP contribution >= 0.6 is 15.9 Å². The number of carbonyl (C=O) groups excluding carboxylic acids is 1. The zero-order chi connectivity index (χ0) is 16.1. The summed E-state index contributed by atoms with van der Waals surface area (Å²) in [7, 11) is 3.17. The summed E-state index contributed by atoms with van der Waals surface area (Å²) >= 11 is 3.48. The van der Waals surface area contributed by atoms with Crippen LogP contribution in [0.3, 0.4) is 0 Å². The van der Waals surface area contributed by atoms with Gasteiger partial charge in [-0.3, -0.25) is 4.79 Å². The van der Waals surface area contributed by atoms with E-state index in [0.29, 0.717) is 29.4 Å². The first-order valence-corrected chi connectivity index (χ1v) is 7.27. The Balaban J connectivity index is 2.12. The molecule has 0 spiro atoms. The average molecular weight is 366 g/mol.